The van der Waals surface area contributed by atoms with Crippen LogP contribution >= 0.6 is 22.7 Å². The first-order valence-corrected chi connectivity index (χ1v) is 11.8. The number of aromatic nitrogens is 2. The first-order valence-electron chi connectivity index (χ1n) is 10.2. The normalized spacial score (nSPS) is 14.8. The molecule has 150 valence electrons. The number of thiazole rings is 2. The number of ether oxygens (including phenoxy) is 1. The Morgan fingerprint density at radius 2 is 1.62 bits per heavy atom. The zero-order chi connectivity index (χ0) is 19.8. The Morgan fingerprint density at radius 3 is 2.34 bits per heavy atom. The van der Waals surface area contributed by atoms with Gasteiger partial charge in [-0.2, -0.15) is 0 Å². The minimum Gasteiger partial charge on any atom is -0.492 e. The Bertz CT molecular complexity index is 1140. The predicted molar refractivity (Wildman–Crippen MR) is 124 cm³/mol. The quantitative estimate of drug-likeness (QED) is 0.441. The molecule has 0 aliphatic carbocycles. The first-order chi connectivity index (χ1) is 14.2. The largest absolute Gasteiger partial charge is 0.492 e. The number of anilines is 2. The van der Waals surface area contributed by atoms with Crippen molar-refractivity contribution in [2.45, 2.75) is 20.3 Å². The van der Waals surface area contributed by atoms with Gasteiger partial charge in [-0.05, 0) is 43.2 Å². The Kier molecular flexibility index (Phi) is 5.01. The number of rotatable bonds is 5. The lowest BCUT2D eigenvalue weighted by Crippen LogP contribution is -2.46. The van der Waals surface area contributed by atoms with E-state index in [-0.39, 0.29) is 0 Å². The summed E-state index contributed by atoms with van der Waals surface area (Å²) in [5.74, 6) is 0.882. The molecule has 3 heterocycles. The summed E-state index contributed by atoms with van der Waals surface area (Å²) in [6.45, 7) is 8.72. The highest BCUT2D eigenvalue weighted by Gasteiger charge is 2.22. The average molecular weight is 425 g/mol. The minimum absolute atomic E-state index is 0.659. The highest BCUT2D eigenvalue weighted by molar-refractivity contribution is 7.22. The highest BCUT2D eigenvalue weighted by atomic mass is 32.1. The maximum absolute atomic E-state index is 5.75. The van der Waals surface area contributed by atoms with E-state index < -0.39 is 0 Å². The average Bonchev–Trinajstić information content (AvgIpc) is 3.38. The van der Waals surface area contributed by atoms with Crippen molar-refractivity contribution in [3.63, 3.8) is 0 Å². The smallest absolute Gasteiger partial charge is 0.186 e. The molecule has 0 N–H and O–H groups in total. The van der Waals surface area contributed by atoms with Crippen molar-refractivity contribution in [1.29, 1.82) is 0 Å². The van der Waals surface area contributed by atoms with Crippen LogP contribution in [0.4, 0.5) is 10.3 Å². The SMILES string of the molecule is CCOc1cccc2sc(N3CCN(c4nc5ccc(CC)cc5s4)CC3)nc12. The molecular formula is C22H24N4OS2. The standard InChI is InChI=1S/C22H24N4OS2/c1-3-15-8-9-16-19(14-15)29-21(23-16)25-10-12-26(13-11-25)22-24-20-17(27-4-2)6-5-7-18(20)28-22/h5-9,14H,3-4,10-13H2,1-2H3. The summed E-state index contributed by atoms with van der Waals surface area (Å²) >= 11 is 3.56. The van der Waals surface area contributed by atoms with E-state index in [0.29, 0.717) is 6.61 Å². The lowest BCUT2D eigenvalue weighted by Gasteiger charge is -2.34. The van der Waals surface area contributed by atoms with E-state index >= 15 is 0 Å². The zero-order valence-electron chi connectivity index (χ0n) is 16.7. The van der Waals surface area contributed by atoms with Gasteiger partial charge in [-0.3, -0.25) is 0 Å². The molecule has 1 saturated heterocycles. The molecule has 4 aromatic rings. The first kappa shape index (κ1) is 18.6. The summed E-state index contributed by atoms with van der Waals surface area (Å²) in [5.41, 5.74) is 3.47. The molecular weight excluding hydrogens is 400 g/mol. The zero-order valence-corrected chi connectivity index (χ0v) is 18.4. The van der Waals surface area contributed by atoms with Crippen LogP contribution in [0.1, 0.15) is 19.4 Å². The monoisotopic (exact) mass is 424 g/mol. The molecule has 0 unspecified atom stereocenters. The van der Waals surface area contributed by atoms with E-state index in [2.05, 4.69) is 41.0 Å². The van der Waals surface area contributed by atoms with Crippen molar-refractivity contribution in [1.82, 2.24) is 9.97 Å². The van der Waals surface area contributed by atoms with Crippen molar-refractivity contribution in [3.8, 4) is 5.75 Å². The number of fused-ring (bicyclic) bond motifs is 2. The van der Waals surface area contributed by atoms with E-state index in [9.17, 15) is 0 Å². The maximum atomic E-state index is 5.75. The molecule has 2 aromatic carbocycles. The molecule has 0 saturated carbocycles. The molecule has 0 spiro atoms. The Morgan fingerprint density at radius 1 is 0.897 bits per heavy atom. The summed E-state index contributed by atoms with van der Waals surface area (Å²) in [6.07, 6.45) is 1.06. The third-order valence-electron chi connectivity index (χ3n) is 5.34. The van der Waals surface area contributed by atoms with Gasteiger partial charge in [0.05, 0.1) is 21.5 Å². The van der Waals surface area contributed by atoms with E-state index in [1.807, 2.05) is 30.4 Å². The lowest BCUT2D eigenvalue weighted by atomic mass is 10.2. The van der Waals surface area contributed by atoms with Gasteiger partial charge in [-0.25, -0.2) is 9.97 Å². The van der Waals surface area contributed by atoms with Crippen molar-refractivity contribution in [2.24, 2.45) is 0 Å². The fraction of sp³-hybridized carbons (Fsp3) is 0.364. The number of piperazine rings is 1. The van der Waals surface area contributed by atoms with Gasteiger partial charge in [0.25, 0.3) is 0 Å². The van der Waals surface area contributed by atoms with Crippen molar-refractivity contribution < 1.29 is 4.74 Å². The number of hydrogen-bond donors (Lipinski definition) is 0. The van der Waals surface area contributed by atoms with Crippen LogP contribution in [0, 0.1) is 0 Å². The molecule has 0 bridgehead atoms. The molecule has 7 heteroatoms. The van der Waals surface area contributed by atoms with Crippen LogP contribution in [0.5, 0.6) is 5.75 Å². The van der Waals surface area contributed by atoms with Crippen molar-refractivity contribution in [2.75, 3.05) is 42.6 Å². The fourth-order valence-electron chi connectivity index (χ4n) is 3.72. The lowest BCUT2D eigenvalue weighted by molar-refractivity contribution is 0.344. The molecule has 0 amide bonds. The summed E-state index contributed by atoms with van der Waals surface area (Å²) in [4.78, 5) is 14.6. The highest BCUT2D eigenvalue weighted by Crippen LogP contribution is 2.35. The summed E-state index contributed by atoms with van der Waals surface area (Å²) < 4.78 is 8.23. The topological polar surface area (TPSA) is 41.5 Å². The van der Waals surface area contributed by atoms with Gasteiger partial charge in [0.15, 0.2) is 10.3 Å². The molecule has 0 radical (unpaired) electrons. The molecule has 0 atom stereocenters. The van der Waals surface area contributed by atoms with Gasteiger partial charge in [-0.15, -0.1) is 0 Å². The van der Waals surface area contributed by atoms with Crippen molar-refractivity contribution in [3.05, 3.63) is 42.0 Å². The van der Waals surface area contributed by atoms with Crippen LogP contribution in [0.2, 0.25) is 0 Å². The van der Waals surface area contributed by atoms with Crippen molar-refractivity contribution >= 4 is 53.4 Å². The number of hydrogen-bond acceptors (Lipinski definition) is 7. The predicted octanol–water partition coefficient (Wildman–Crippen LogP) is 5.19. The fourth-order valence-corrected chi connectivity index (χ4v) is 5.84. The summed E-state index contributed by atoms with van der Waals surface area (Å²) in [5, 5.41) is 2.22. The molecule has 2 aromatic heterocycles. The van der Waals surface area contributed by atoms with Gasteiger partial charge >= 0.3 is 0 Å². The Labute approximate surface area is 178 Å². The van der Waals surface area contributed by atoms with Gasteiger partial charge in [0.2, 0.25) is 0 Å². The number of nitrogens with zero attached hydrogens (tertiary/aromatic N) is 4. The van der Waals surface area contributed by atoms with Crippen LogP contribution in [0.15, 0.2) is 36.4 Å². The Balaban J connectivity index is 1.32. The number of para-hydroxylation sites is 1. The summed E-state index contributed by atoms with van der Waals surface area (Å²) in [6, 6.07) is 12.8. The molecule has 5 nitrogen and oxygen atoms in total. The second-order valence-corrected chi connectivity index (χ2v) is 9.18. The number of benzene rings is 2. The third kappa shape index (κ3) is 3.53. The van der Waals surface area contributed by atoms with Crippen LogP contribution in [-0.4, -0.2) is 42.8 Å². The molecule has 1 aliphatic heterocycles. The van der Waals surface area contributed by atoms with Gasteiger partial charge in [0.1, 0.15) is 11.3 Å². The van der Waals surface area contributed by atoms with E-state index in [1.165, 1.54) is 15.0 Å². The summed E-state index contributed by atoms with van der Waals surface area (Å²) in [7, 11) is 0. The molecule has 29 heavy (non-hydrogen) atoms. The maximum Gasteiger partial charge on any atom is 0.186 e. The second kappa shape index (κ2) is 7.80. The van der Waals surface area contributed by atoms with E-state index in [4.69, 9.17) is 14.7 Å². The number of aryl methyl sites for hydroxylation is 1. The van der Waals surface area contributed by atoms with Gasteiger partial charge < -0.3 is 14.5 Å². The van der Waals surface area contributed by atoms with Crippen LogP contribution in [0.25, 0.3) is 20.4 Å². The van der Waals surface area contributed by atoms with Gasteiger partial charge in [0, 0.05) is 26.2 Å². The third-order valence-corrected chi connectivity index (χ3v) is 7.50. The molecule has 1 fully saturated rings. The van der Waals surface area contributed by atoms with Gasteiger partial charge in [-0.1, -0.05) is 41.7 Å². The van der Waals surface area contributed by atoms with Crippen LogP contribution < -0.4 is 14.5 Å². The second-order valence-electron chi connectivity index (χ2n) is 7.16. The van der Waals surface area contributed by atoms with E-state index in [0.717, 1.165) is 59.6 Å². The van der Waals surface area contributed by atoms with E-state index in [1.54, 1.807) is 11.3 Å². The minimum atomic E-state index is 0.659. The Hall–Kier alpha value is -2.38. The molecule has 1 aliphatic rings. The molecule has 5 rings (SSSR count). The van der Waals surface area contributed by atoms with Crippen LogP contribution in [0.3, 0.4) is 0 Å². The van der Waals surface area contributed by atoms with Crippen LogP contribution in [-0.2, 0) is 6.42 Å².